The molecule has 2 aliphatic rings. The molecule has 0 radical (unpaired) electrons. The molecule has 0 nitrogen and oxygen atoms in total. The molecular weight excluding hydrogens is 542 g/mol. The van der Waals surface area contributed by atoms with Gasteiger partial charge in [-0.1, -0.05) is 0 Å². The number of fused-ring (bicyclic) bond motifs is 2. The average molecular weight is 564 g/mol. The molecule has 0 fully saturated rings. The molecule has 0 amide bonds. The molecule has 0 spiro atoms. The molecule has 2 aliphatic carbocycles. The summed E-state index contributed by atoms with van der Waals surface area (Å²) in [6.07, 6.45) is 1.89. The molecule has 2 aromatic heterocycles. The fourth-order valence-electron chi connectivity index (χ4n) is 4.63. The van der Waals surface area contributed by atoms with Crippen molar-refractivity contribution in [1.82, 2.24) is 0 Å². The van der Waals surface area contributed by atoms with Crippen LogP contribution in [0.5, 0.6) is 0 Å². The van der Waals surface area contributed by atoms with Crippen LogP contribution in [0.3, 0.4) is 0 Å². The number of benzene rings is 1. The second kappa shape index (κ2) is 7.27. The molecule has 0 saturated carbocycles. The zero-order valence-corrected chi connectivity index (χ0v) is 22.9. The van der Waals surface area contributed by atoms with Crippen molar-refractivity contribution in [2.24, 2.45) is 0 Å². The first-order chi connectivity index (χ1) is 13.8. The molecule has 5 rings (SSSR count). The second-order valence-electron chi connectivity index (χ2n) is 8.90. The Hall–Kier alpha value is -0.521. The summed E-state index contributed by atoms with van der Waals surface area (Å²) in [5, 5.41) is 6.30. The van der Waals surface area contributed by atoms with Gasteiger partial charge in [-0.15, -0.1) is 0 Å². The van der Waals surface area contributed by atoms with Gasteiger partial charge in [0.15, 0.2) is 0 Å². The van der Waals surface area contributed by atoms with Crippen molar-refractivity contribution in [3.8, 4) is 20.9 Å². The van der Waals surface area contributed by atoms with Gasteiger partial charge in [0, 0.05) is 0 Å². The first kappa shape index (κ1) is 20.4. The first-order valence-electron chi connectivity index (χ1n) is 9.83. The van der Waals surface area contributed by atoms with Crippen molar-refractivity contribution in [3.05, 3.63) is 66.4 Å². The molecule has 0 aliphatic heterocycles. The first-order valence-corrected chi connectivity index (χ1v) is 22.3. The number of rotatable bonds is 3. The van der Waals surface area contributed by atoms with E-state index >= 15 is 0 Å². The van der Waals surface area contributed by atoms with Crippen LogP contribution in [0.2, 0.25) is 14.8 Å². The van der Waals surface area contributed by atoms with Crippen molar-refractivity contribution in [2.75, 3.05) is 0 Å². The van der Waals surface area contributed by atoms with E-state index in [2.05, 4.69) is 56.8 Å². The number of allylic oxidation sites excluding steroid dienone is 2. The summed E-state index contributed by atoms with van der Waals surface area (Å²) in [7, 11) is 0. The third kappa shape index (κ3) is 3.13. The van der Waals surface area contributed by atoms with E-state index < -0.39 is 18.4 Å². The van der Waals surface area contributed by atoms with Crippen LogP contribution >= 0.6 is 45.9 Å². The summed E-state index contributed by atoms with van der Waals surface area (Å²) in [6, 6.07) is 8.74. The molecule has 0 atom stereocenters. The third-order valence-electron chi connectivity index (χ3n) is 6.02. The Morgan fingerprint density at radius 1 is 0.759 bits per heavy atom. The van der Waals surface area contributed by atoms with E-state index in [4.69, 9.17) is 23.2 Å². The molecule has 0 saturated heterocycles. The second-order valence-corrected chi connectivity index (χ2v) is 26.1. The van der Waals surface area contributed by atoms with Crippen molar-refractivity contribution >= 4 is 74.3 Å². The Bertz CT molecular complexity index is 1190. The summed E-state index contributed by atoms with van der Waals surface area (Å²) in [6.45, 7) is 2.17. The van der Waals surface area contributed by atoms with Crippen molar-refractivity contribution in [2.45, 2.75) is 34.6 Å². The van der Waals surface area contributed by atoms with E-state index in [0.29, 0.717) is 0 Å². The van der Waals surface area contributed by atoms with Crippen LogP contribution in [0.1, 0.15) is 29.2 Å². The molecule has 5 heteroatoms. The van der Waals surface area contributed by atoms with Gasteiger partial charge < -0.3 is 0 Å². The Morgan fingerprint density at radius 2 is 1.28 bits per heavy atom. The maximum absolute atomic E-state index is 7.22. The minimum absolute atomic E-state index is 0.908. The zero-order chi connectivity index (χ0) is 20.5. The normalized spacial score (nSPS) is 16.1. The molecule has 0 bridgehead atoms. The van der Waals surface area contributed by atoms with Crippen LogP contribution in [0, 0.1) is 0 Å². The fourth-order valence-corrected chi connectivity index (χ4v) is 12.9. The number of thiophene rings is 2. The van der Waals surface area contributed by atoms with Gasteiger partial charge in [-0.25, -0.2) is 0 Å². The van der Waals surface area contributed by atoms with Gasteiger partial charge in [0.2, 0.25) is 0 Å². The number of hydrogen-bond acceptors (Lipinski definition) is 2. The Labute approximate surface area is 194 Å². The zero-order valence-electron chi connectivity index (χ0n) is 17.0. The van der Waals surface area contributed by atoms with E-state index in [9.17, 15) is 0 Å². The summed E-state index contributed by atoms with van der Waals surface area (Å²) < 4.78 is 1.53. The van der Waals surface area contributed by atoms with Crippen molar-refractivity contribution in [1.29, 1.82) is 0 Å². The quantitative estimate of drug-likeness (QED) is 0.279. The predicted octanol–water partition coefficient (Wildman–Crippen LogP) is 9.05. The Balaban J connectivity index is 1.94. The molecule has 29 heavy (non-hydrogen) atoms. The minimum atomic E-state index is -2.35. The van der Waals surface area contributed by atoms with E-state index in [0.717, 1.165) is 22.9 Å². The van der Waals surface area contributed by atoms with Crippen LogP contribution < -0.4 is 0 Å². The molecule has 0 unspecified atom stereocenters. The van der Waals surface area contributed by atoms with Crippen LogP contribution in [0.25, 0.3) is 30.9 Å². The molecule has 1 aromatic carbocycles. The van der Waals surface area contributed by atoms with Gasteiger partial charge in [-0.3, -0.25) is 0 Å². The molecule has 148 valence electrons. The standard InChI is InChI=1S/C21H13Cl2S2.3CH3.Sn/c1-11-10-13-19(16-5-3-9-25-16)17-12(6-7-14(17)22)18(20(13)21(11)23)15-4-2-8-24-15;;;;/h2-5,8-9H,6,10H2,1H3;3*1H3;. The molecule has 3 aromatic rings. The van der Waals surface area contributed by atoms with Crippen LogP contribution in [0.4, 0.5) is 0 Å². The number of halogens is 2. The monoisotopic (exact) mass is 564 g/mol. The van der Waals surface area contributed by atoms with Crippen LogP contribution in [0.15, 0.2) is 44.2 Å². The van der Waals surface area contributed by atoms with E-state index in [-0.39, 0.29) is 0 Å². The summed E-state index contributed by atoms with van der Waals surface area (Å²) in [5.41, 5.74) is 9.22. The van der Waals surface area contributed by atoms with E-state index in [1.807, 2.05) is 0 Å². The number of hydrogen-bond donors (Lipinski definition) is 0. The molecule has 2 heterocycles. The predicted molar refractivity (Wildman–Crippen MR) is 135 cm³/mol. The van der Waals surface area contributed by atoms with Crippen molar-refractivity contribution < 1.29 is 0 Å². The average Bonchev–Trinajstić information content (AvgIpc) is 3.43. The van der Waals surface area contributed by atoms with Gasteiger partial charge >= 0.3 is 196 Å². The van der Waals surface area contributed by atoms with Gasteiger partial charge in [0.1, 0.15) is 0 Å². The third-order valence-corrected chi connectivity index (χ3v) is 15.6. The molecule has 0 N–H and O–H groups in total. The summed E-state index contributed by atoms with van der Waals surface area (Å²) in [5.74, 6) is 0. The topological polar surface area (TPSA) is 0 Å². The van der Waals surface area contributed by atoms with Crippen molar-refractivity contribution in [3.63, 3.8) is 0 Å². The van der Waals surface area contributed by atoms with Crippen LogP contribution in [-0.2, 0) is 12.8 Å². The van der Waals surface area contributed by atoms with Gasteiger partial charge in [0.05, 0.1) is 0 Å². The Morgan fingerprint density at radius 3 is 1.76 bits per heavy atom. The van der Waals surface area contributed by atoms with Crippen LogP contribution in [-0.4, -0.2) is 18.4 Å². The SMILES string of the molecule is CC1=C(Cl)c2c(c(-c3cccs3)c3c(c2-c2cccs2)C[C]([Sn]([CH3])([CH3])[CH3])=C3Cl)C1. The Kier molecular flexibility index (Phi) is 5.11. The van der Waals surface area contributed by atoms with E-state index in [1.165, 1.54) is 52.3 Å². The van der Waals surface area contributed by atoms with Gasteiger partial charge in [0.25, 0.3) is 0 Å². The van der Waals surface area contributed by atoms with Gasteiger partial charge in [-0.05, 0) is 0 Å². The fraction of sp³-hybridized carbons (Fsp3) is 0.250. The van der Waals surface area contributed by atoms with E-state index in [1.54, 1.807) is 22.7 Å². The van der Waals surface area contributed by atoms with Gasteiger partial charge in [-0.2, -0.15) is 0 Å². The molecular formula is C24H22Cl2S2Sn. The summed E-state index contributed by atoms with van der Waals surface area (Å²) >= 11 is 15.4. The summed E-state index contributed by atoms with van der Waals surface area (Å²) in [4.78, 5) is 10.0. The maximum atomic E-state index is 7.22.